The van der Waals surface area contributed by atoms with Crippen LogP contribution in [-0.4, -0.2) is 37.1 Å². The van der Waals surface area contributed by atoms with E-state index in [1.807, 2.05) is 13.0 Å². The van der Waals surface area contributed by atoms with Crippen LogP contribution in [0, 0.1) is 12.7 Å². The number of anilines is 1. The maximum Gasteiger partial charge on any atom is 0.146 e. The van der Waals surface area contributed by atoms with Gasteiger partial charge >= 0.3 is 0 Å². The van der Waals surface area contributed by atoms with Gasteiger partial charge in [-0.1, -0.05) is 12.1 Å². The lowest BCUT2D eigenvalue weighted by atomic mass is 10.1. The number of nitrogens with zero attached hydrogens (tertiary/aromatic N) is 2. The summed E-state index contributed by atoms with van der Waals surface area (Å²) in [7, 11) is 0. The van der Waals surface area contributed by atoms with Crippen molar-refractivity contribution < 1.29 is 4.39 Å². The smallest absolute Gasteiger partial charge is 0.146 e. The molecule has 0 aromatic heterocycles. The Labute approximate surface area is 103 Å². The first-order chi connectivity index (χ1) is 8.09. The average molecular weight is 236 g/mol. The highest BCUT2D eigenvalue weighted by molar-refractivity contribution is 5.54. The second-order valence-corrected chi connectivity index (χ2v) is 5.02. The predicted molar refractivity (Wildman–Crippen MR) is 70.1 cm³/mol. The molecule has 1 aromatic rings. The van der Waals surface area contributed by atoms with Crippen molar-refractivity contribution in [3.05, 3.63) is 29.6 Å². The molecule has 0 atom stereocenters. The van der Waals surface area contributed by atoms with E-state index in [-0.39, 0.29) is 5.82 Å². The zero-order valence-electron chi connectivity index (χ0n) is 10.9. The second-order valence-electron chi connectivity index (χ2n) is 5.02. The summed E-state index contributed by atoms with van der Waals surface area (Å²) in [6, 6.07) is 5.89. The van der Waals surface area contributed by atoms with Gasteiger partial charge in [0.1, 0.15) is 5.82 Å². The fraction of sp³-hybridized carbons (Fsp3) is 0.571. The first-order valence-corrected chi connectivity index (χ1v) is 6.33. The summed E-state index contributed by atoms with van der Waals surface area (Å²) in [5.74, 6) is -0.0944. The summed E-state index contributed by atoms with van der Waals surface area (Å²) in [5.41, 5.74) is 1.82. The van der Waals surface area contributed by atoms with Gasteiger partial charge in [-0.15, -0.1) is 0 Å². The van der Waals surface area contributed by atoms with Crippen LogP contribution in [0.4, 0.5) is 10.1 Å². The van der Waals surface area contributed by atoms with Gasteiger partial charge in [-0.2, -0.15) is 0 Å². The summed E-state index contributed by atoms with van der Waals surface area (Å²) < 4.78 is 13.8. The standard InChI is InChI=1S/C14H21FN2/c1-11(2)16-7-9-17(10-8-16)14-12(3)5-4-6-13(14)15/h4-6,11H,7-10H2,1-3H3. The van der Waals surface area contributed by atoms with Crippen LogP contribution < -0.4 is 4.90 Å². The normalized spacial score (nSPS) is 17.8. The average Bonchev–Trinajstić information content (AvgIpc) is 2.29. The SMILES string of the molecule is Cc1cccc(F)c1N1CCN(C(C)C)CC1. The molecule has 0 amide bonds. The highest BCUT2D eigenvalue weighted by atomic mass is 19.1. The van der Waals surface area contributed by atoms with E-state index in [1.165, 1.54) is 0 Å². The van der Waals surface area contributed by atoms with Gasteiger partial charge in [0.05, 0.1) is 5.69 Å². The van der Waals surface area contributed by atoms with Crippen LogP contribution in [0.3, 0.4) is 0 Å². The Morgan fingerprint density at radius 1 is 1.12 bits per heavy atom. The van der Waals surface area contributed by atoms with E-state index in [0.29, 0.717) is 6.04 Å². The third-order valence-electron chi connectivity index (χ3n) is 3.55. The van der Waals surface area contributed by atoms with Gasteiger partial charge < -0.3 is 4.90 Å². The van der Waals surface area contributed by atoms with Gasteiger partial charge in [-0.05, 0) is 32.4 Å². The topological polar surface area (TPSA) is 6.48 Å². The molecule has 0 bridgehead atoms. The van der Waals surface area contributed by atoms with Crippen molar-refractivity contribution >= 4 is 5.69 Å². The monoisotopic (exact) mass is 236 g/mol. The lowest BCUT2D eigenvalue weighted by molar-refractivity contribution is 0.209. The summed E-state index contributed by atoms with van der Waals surface area (Å²) in [5, 5.41) is 0. The van der Waals surface area contributed by atoms with Crippen molar-refractivity contribution in [2.45, 2.75) is 26.8 Å². The quantitative estimate of drug-likeness (QED) is 0.779. The van der Waals surface area contributed by atoms with E-state index in [2.05, 4.69) is 23.6 Å². The van der Waals surface area contributed by atoms with Crippen LogP contribution in [0.15, 0.2) is 18.2 Å². The molecular weight excluding hydrogens is 215 g/mol. The van der Waals surface area contributed by atoms with Gasteiger partial charge in [-0.3, -0.25) is 4.90 Å². The fourth-order valence-corrected chi connectivity index (χ4v) is 2.49. The molecule has 1 aliphatic rings. The van der Waals surface area contributed by atoms with Crippen LogP contribution >= 0.6 is 0 Å². The van der Waals surface area contributed by atoms with E-state index in [9.17, 15) is 4.39 Å². The first-order valence-electron chi connectivity index (χ1n) is 6.33. The third kappa shape index (κ3) is 2.60. The highest BCUT2D eigenvalue weighted by Crippen LogP contribution is 2.25. The number of halogens is 1. The molecule has 1 aromatic carbocycles. The van der Waals surface area contributed by atoms with Crippen molar-refractivity contribution in [3.8, 4) is 0 Å². The number of hydrogen-bond acceptors (Lipinski definition) is 2. The third-order valence-corrected chi connectivity index (χ3v) is 3.55. The molecule has 2 nitrogen and oxygen atoms in total. The molecule has 0 N–H and O–H groups in total. The first kappa shape index (κ1) is 12.4. The Bertz CT molecular complexity index is 362. The minimum atomic E-state index is -0.0944. The Morgan fingerprint density at radius 3 is 2.29 bits per heavy atom. The molecule has 2 rings (SSSR count). The van der Waals surface area contributed by atoms with E-state index in [1.54, 1.807) is 12.1 Å². The number of piperazine rings is 1. The van der Waals surface area contributed by atoms with Crippen molar-refractivity contribution in [1.29, 1.82) is 0 Å². The van der Waals surface area contributed by atoms with E-state index >= 15 is 0 Å². The molecule has 0 aliphatic carbocycles. The Morgan fingerprint density at radius 2 is 1.76 bits per heavy atom. The van der Waals surface area contributed by atoms with Gasteiger partial charge in [0.2, 0.25) is 0 Å². The predicted octanol–water partition coefficient (Wildman–Crippen LogP) is 2.66. The minimum Gasteiger partial charge on any atom is -0.366 e. The largest absolute Gasteiger partial charge is 0.366 e. The van der Waals surface area contributed by atoms with Gasteiger partial charge in [0.25, 0.3) is 0 Å². The molecule has 1 saturated heterocycles. The number of para-hydroxylation sites is 1. The van der Waals surface area contributed by atoms with Crippen LogP contribution in [-0.2, 0) is 0 Å². The van der Waals surface area contributed by atoms with Crippen LogP contribution in [0.1, 0.15) is 19.4 Å². The molecule has 94 valence electrons. The molecular formula is C14H21FN2. The Hall–Kier alpha value is -1.09. The molecule has 0 spiro atoms. The summed E-state index contributed by atoms with van der Waals surface area (Å²) in [4.78, 5) is 4.61. The molecule has 17 heavy (non-hydrogen) atoms. The molecule has 1 fully saturated rings. The van der Waals surface area contributed by atoms with Gasteiger partial charge in [0, 0.05) is 32.2 Å². The van der Waals surface area contributed by atoms with Gasteiger partial charge in [0.15, 0.2) is 0 Å². The molecule has 0 unspecified atom stereocenters. The van der Waals surface area contributed by atoms with Crippen LogP contribution in [0.5, 0.6) is 0 Å². The maximum absolute atomic E-state index is 13.8. The zero-order chi connectivity index (χ0) is 12.4. The van der Waals surface area contributed by atoms with Crippen molar-refractivity contribution in [2.24, 2.45) is 0 Å². The number of hydrogen-bond donors (Lipinski definition) is 0. The highest BCUT2D eigenvalue weighted by Gasteiger charge is 2.21. The minimum absolute atomic E-state index is 0.0944. The van der Waals surface area contributed by atoms with Gasteiger partial charge in [-0.25, -0.2) is 4.39 Å². The van der Waals surface area contributed by atoms with Crippen LogP contribution in [0.2, 0.25) is 0 Å². The Balaban J connectivity index is 2.11. The number of rotatable bonds is 2. The number of aryl methyl sites for hydroxylation is 1. The van der Waals surface area contributed by atoms with E-state index in [0.717, 1.165) is 37.4 Å². The molecule has 0 radical (unpaired) electrons. The summed E-state index contributed by atoms with van der Waals surface area (Å²) in [6.45, 7) is 10.3. The summed E-state index contributed by atoms with van der Waals surface area (Å²) in [6.07, 6.45) is 0. The lowest BCUT2D eigenvalue weighted by Gasteiger charge is -2.38. The maximum atomic E-state index is 13.8. The molecule has 1 aliphatic heterocycles. The van der Waals surface area contributed by atoms with Crippen LogP contribution in [0.25, 0.3) is 0 Å². The molecule has 3 heteroatoms. The Kier molecular flexibility index (Phi) is 3.67. The zero-order valence-corrected chi connectivity index (χ0v) is 10.9. The van der Waals surface area contributed by atoms with E-state index < -0.39 is 0 Å². The summed E-state index contributed by atoms with van der Waals surface area (Å²) >= 11 is 0. The fourth-order valence-electron chi connectivity index (χ4n) is 2.49. The van der Waals surface area contributed by atoms with E-state index in [4.69, 9.17) is 0 Å². The lowest BCUT2D eigenvalue weighted by Crippen LogP contribution is -2.49. The second kappa shape index (κ2) is 5.05. The molecule has 0 saturated carbocycles. The number of benzene rings is 1. The molecule has 1 heterocycles. The van der Waals surface area contributed by atoms with Crippen molar-refractivity contribution in [3.63, 3.8) is 0 Å². The van der Waals surface area contributed by atoms with Crippen molar-refractivity contribution in [1.82, 2.24) is 4.90 Å². The van der Waals surface area contributed by atoms with Crippen molar-refractivity contribution in [2.75, 3.05) is 31.1 Å².